The third kappa shape index (κ3) is 8.00. The Bertz CT molecular complexity index is 1410. The summed E-state index contributed by atoms with van der Waals surface area (Å²) in [5.41, 5.74) is 2.71. The monoisotopic (exact) mass is 563 g/mol. The highest BCUT2D eigenvalue weighted by Crippen LogP contribution is 2.38. The third-order valence-electron chi connectivity index (χ3n) is 7.81. The molecule has 7 heteroatoms. The molecule has 0 radical (unpaired) electrons. The zero-order chi connectivity index (χ0) is 29.4. The van der Waals surface area contributed by atoms with Crippen molar-refractivity contribution in [3.63, 3.8) is 0 Å². The number of fused-ring (bicyclic) bond motifs is 1. The van der Waals surface area contributed by atoms with Crippen LogP contribution in [0.4, 0.5) is 13.2 Å². The Kier molecular flexibility index (Phi) is 10.3. The largest absolute Gasteiger partial charge is 0.416 e. The lowest BCUT2D eigenvalue weighted by Gasteiger charge is -2.22. The Morgan fingerprint density at radius 2 is 1.66 bits per heavy atom. The molecule has 4 nitrogen and oxygen atoms in total. The summed E-state index contributed by atoms with van der Waals surface area (Å²) in [4.78, 5) is 15.7. The molecule has 218 valence electrons. The summed E-state index contributed by atoms with van der Waals surface area (Å²) in [6, 6.07) is 23.3. The van der Waals surface area contributed by atoms with Crippen molar-refractivity contribution in [1.29, 1.82) is 0 Å². The number of hydrogen-bond acceptors (Lipinski definition) is 2. The molecule has 0 fully saturated rings. The van der Waals surface area contributed by atoms with Gasteiger partial charge in [-0.3, -0.25) is 4.79 Å². The van der Waals surface area contributed by atoms with Gasteiger partial charge in [-0.25, -0.2) is 0 Å². The molecule has 0 bridgehead atoms. The first-order valence-corrected chi connectivity index (χ1v) is 14.5. The van der Waals surface area contributed by atoms with Crippen LogP contribution in [0.1, 0.15) is 68.2 Å². The fourth-order valence-corrected chi connectivity index (χ4v) is 5.56. The number of carbonyl (C=O) groups excluding carboxylic acids is 1. The summed E-state index contributed by atoms with van der Waals surface area (Å²) in [6.45, 7) is 9.85. The number of aromatic nitrogens is 1. The highest BCUT2D eigenvalue weighted by atomic mass is 19.4. The van der Waals surface area contributed by atoms with Crippen molar-refractivity contribution in [2.75, 3.05) is 19.6 Å². The van der Waals surface area contributed by atoms with Crippen LogP contribution in [0, 0.1) is 0 Å². The summed E-state index contributed by atoms with van der Waals surface area (Å²) >= 11 is 0. The Hall–Kier alpha value is -3.58. The van der Waals surface area contributed by atoms with E-state index in [0.29, 0.717) is 12.1 Å². The van der Waals surface area contributed by atoms with Crippen molar-refractivity contribution < 1.29 is 18.0 Å². The van der Waals surface area contributed by atoms with Gasteiger partial charge >= 0.3 is 6.18 Å². The van der Waals surface area contributed by atoms with Crippen LogP contribution in [0.2, 0.25) is 0 Å². The number of para-hydroxylation sites is 1. The van der Waals surface area contributed by atoms with E-state index in [1.54, 1.807) is 6.07 Å². The quantitative estimate of drug-likeness (QED) is 0.180. The number of hydrogen-bond donors (Lipinski definition) is 1. The molecule has 0 unspecified atom stereocenters. The average molecular weight is 564 g/mol. The van der Waals surface area contributed by atoms with E-state index < -0.39 is 17.7 Å². The van der Waals surface area contributed by atoms with Crippen molar-refractivity contribution in [1.82, 2.24) is 14.8 Å². The molecule has 0 aliphatic heterocycles. The Morgan fingerprint density at radius 3 is 2.37 bits per heavy atom. The van der Waals surface area contributed by atoms with Crippen LogP contribution in [0.5, 0.6) is 0 Å². The highest BCUT2D eigenvalue weighted by molar-refractivity contribution is 5.87. The normalized spacial score (nSPS) is 13.4. The van der Waals surface area contributed by atoms with Gasteiger partial charge in [0, 0.05) is 42.0 Å². The first kappa shape index (κ1) is 30.4. The van der Waals surface area contributed by atoms with Gasteiger partial charge in [0.1, 0.15) is 0 Å². The number of rotatable bonds is 13. The van der Waals surface area contributed by atoms with Crippen LogP contribution in [0.3, 0.4) is 0 Å². The Labute approximate surface area is 241 Å². The van der Waals surface area contributed by atoms with E-state index in [4.69, 9.17) is 0 Å². The van der Waals surface area contributed by atoms with E-state index in [0.717, 1.165) is 60.6 Å². The maximum atomic E-state index is 13.7. The van der Waals surface area contributed by atoms with Crippen LogP contribution >= 0.6 is 0 Å². The van der Waals surface area contributed by atoms with E-state index in [1.165, 1.54) is 12.1 Å². The van der Waals surface area contributed by atoms with Gasteiger partial charge in [0.15, 0.2) is 0 Å². The topological polar surface area (TPSA) is 37.3 Å². The third-order valence-corrected chi connectivity index (χ3v) is 7.81. The van der Waals surface area contributed by atoms with Crippen molar-refractivity contribution in [2.24, 2.45) is 0 Å². The maximum absolute atomic E-state index is 13.7. The van der Waals surface area contributed by atoms with Gasteiger partial charge in [-0.2, -0.15) is 13.2 Å². The summed E-state index contributed by atoms with van der Waals surface area (Å²) in [7, 11) is 0. The number of nitrogens with one attached hydrogen (secondary N) is 1. The molecule has 2 atom stereocenters. The van der Waals surface area contributed by atoms with Gasteiger partial charge in [-0.05, 0) is 68.2 Å². The molecule has 1 amide bonds. The number of carbonyl (C=O) groups is 1. The van der Waals surface area contributed by atoms with Gasteiger partial charge in [0.2, 0.25) is 5.91 Å². The van der Waals surface area contributed by atoms with Crippen LogP contribution < -0.4 is 5.32 Å². The number of nitrogens with zero attached hydrogens (tertiary/aromatic N) is 2. The summed E-state index contributed by atoms with van der Waals surface area (Å²) in [5.74, 6) is -0.704. The molecule has 4 rings (SSSR count). The van der Waals surface area contributed by atoms with Crippen molar-refractivity contribution >= 4 is 16.8 Å². The van der Waals surface area contributed by atoms with Crippen LogP contribution in [0.15, 0.2) is 85.1 Å². The molecule has 4 aromatic rings. The maximum Gasteiger partial charge on any atom is 0.416 e. The molecular formula is C34H40F3N3O. The van der Waals surface area contributed by atoms with Gasteiger partial charge in [0.25, 0.3) is 0 Å². The molecule has 0 saturated carbocycles. The molecule has 3 aromatic carbocycles. The summed E-state index contributed by atoms with van der Waals surface area (Å²) in [6.07, 6.45) is -0.603. The first-order valence-electron chi connectivity index (χ1n) is 14.5. The van der Waals surface area contributed by atoms with Crippen LogP contribution in [0.25, 0.3) is 10.9 Å². The zero-order valence-electron chi connectivity index (χ0n) is 24.1. The molecule has 0 aliphatic rings. The average Bonchev–Trinajstić information content (AvgIpc) is 3.32. The first-order chi connectivity index (χ1) is 19.7. The number of benzene rings is 3. The zero-order valence-corrected chi connectivity index (χ0v) is 24.1. The molecule has 0 aliphatic carbocycles. The molecule has 0 saturated heterocycles. The Balaban J connectivity index is 1.64. The van der Waals surface area contributed by atoms with Gasteiger partial charge in [-0.1, -0.05) is 80.6 Å². The minimum absolute atomic E-state index is 0.0281. The van der Waals surface area contributed by atoms with Crippen molar-refractivity contribution in [3.8, 4) is 0 Å². The van der Waals surface area contributed by atoms with E-state index in [9.17, 15) is 18.0 Å². The predicted molar refractivity (Wildman–Crippen MR) is 160 cm³/mol. The van der Waals surface area contributed by atoms with E-state index in [1.807, 2.05) is 67.7 Å². The number of halogens is 3. The number of alkyl halides is 3. The lowest BCUT2D eigenvalue weighted by atomic mass is 9.87. The lowest BCUT2D eigenvalue weighted by Crippen LogP contribution is -2.34. The standard InChI is InChI=1S/C34H40F3N3O/c1-4-39(5-2)20-12-13-25(3)38-33(41)22-30(27-16-11-17-28(21-27)34(35,36)37)31-24-40(23-26-14-7-6-8-15-26)32-19-10-9-18-29(31)32/h6-11,14-19,21,24-25,30H,4-5,12-13,20,22-23H2,1-3H3,(H,38,41)/t25-,30-/m1/s1. The molecular weight excluding hydrogens is 523 g/mol. The predicted octanol–water partition coefficient (Wildman–Crippen LogP) is 7.86. The van der Waals surface area contributed by atoms with Crippen molar-refractivity contribution in [2.45, 2.75) is 64.7 Å². The lowest BCUT2D eigenvalue weighted by molar-refractivity contribution is -0.137. The second-order valence-electron chi connectivity index (χ2n) is 10.7. The SMILES string of the molecule is CCN(CC)CCC[C@@H](C)NC(=O)C[C@H](c1cccc(C(F)(F)F)c1)c1cn(Cc2ccccc2)c2ccccc12. The minimum atomic E-state index is -4.47. The fraction of sp³-hybridized carbons (Fsp3) is 0.382. The second-order valence-corrected chi connectivity index (χ2v) is 10.7. The van der Waals surface area contributed by atoms with Crippen LogP contribution in [-0.4, -0.2) is 41.1 Å². The van der Waals surface area contributed by atoms with Crippen LogP contribution in [-0.2, 0) is 17.5 Å². The molecule has 1 aromatic heterocycles. The fourth-order valence-electron chi connectivity index (χ4n) is 5.56. The Morgan fingerprint density at radius 1 is 0.951 bits per heavy atom. The van der Waals surface area contributed by atoms with Crippen molar-refractivity contribution in [3.05, 3.63) is 107 Å². The van der Waals surface area contributed by atoms with E-state index in [2.05, 4.69) is 28.6 Å². The number of amides is 1. The molecule has 0 spiro atoms. The van der Waals surface area contributed by atoms with Gasteiger partial charge in [0.05, 0.1) is 5.56 Å². The smallest absolute Gasteiger partial charge is 0.354 e. The van der Waals surface area contributed by atoms with Gasteiger partial charge in [-0.15, -0.1) is 0 Å². The molecule has 41 heavy (non-hydrogen) atoms. The second kappa shape index (κ2) is 13.9. The minimum Gasteiger partial charge on any atom is -0.354 e. The summed E-state index contributed by atoms with van der Waals surface area (Å²) < 4.78 is 43.2. The molecule has 1 N–H and O–H groups in total. The van der Waals surface area contributed by atoms with E-state index >= 15 is 0 Å². The highest BCUT2D eigenvalue weighted by Gasteiger charge is 2.32. The van der Waals surface area contributed by atoms with E-state index in [-0.39, 0.29) is 18.4 Å². The molecule has 1 heterocycles. The van der Waals surface area contributed by atoms with Gasteiger partial charge < -0.3 is 14.8 Å². The summed E-state index contributed by atoms with van der Waals surface area (Å²) in [5, 5.41) is 4.05.